The number of nitrogens with one attached hydrogen (secondary N) is 2. The average Bonchev–Trinajstić information content (AvgIpc) is 2.54. The molecule has 0 aliphatic heterocycles. The van der Waals surface area contributed by atoms with E-state index in [2.05, 4.69) is 10.6 Å². The fourth-order valence-corrected chi connectivity index (χ4v) is 2.81. The van der Waals surface area contributed by atoms with Crippen molar-refractivity contribution in [3.63, 3.8) is 0 Å². The first-order valence-corrected chi connectivity index (χ1v) is 7.48. The van der Waals surface area contributed by atoms with Crippen LogP contribution in [0.25, 0.3) is 0 Å². The lowest BCUT2D eigenvalue weighted by Crippen LogP contribution is -2.39. The monoisotopic (exact) mass is 318 g/mol. The van der Waals surface area contributed by atoms with Gasteiger partial charge in [0.1, 0.15) is 11.1 Å². The number of amides is 3. The van der Waals surface area contributed by atoms with Crippen molar-refractivity contribution in [1.82, 2.24) is 10.6 Å². The first kappa shape index (κ1) is 16.0. The summed E-state index contributed by atoms with van der Waals surface area (Å²) in [6.45, 7) is 0. The first-order chi connectivity index (χ1) is 10.6. The third-order valence-electron chi connectivity index (χ3n) is 2.87. The molecule has 1 atom stereocenters. The molecule has 0 radical (unpaired) electrons. The van der Waals surface area contributed by atoms with Crippen molar-refractivity contribution in [2.45, 2.75) is 10.1 Å². The Hall–Kier alpha value is -2.34. The summed E-state index contributed by atoms with van der Waals surface area (Å²) in [6, 6.07) is 14.4. The van der Waals surface area contributed by atoms with Crippen LogP contribution in [-0.4, -0.2) is 19.0 Å². The molecule has 114 valence electrons. The SMILES string of the molecule is CNC(=O)NC(=O)[C@@H](Sc1ccc(F)cc1)c1ccccc1. The van der Waals surface area contributed by atoms with E-state index in [-0.39, 0.29) is 5.82 Å². The second kappa shape index (κ2) is 7.61. The van der Waals surface area contributed by atoms with E-state index >= 15 is 0 Å². The number of urea groups is 1. The molecule has 6 heteroatoms. The van der Waals surface area contributed by atoms with Crippen molar-refractivity contribution < 1.29 is 14.0 Å². The Kier molecular flexibility index (Phi) is 5.55. The highest BCUT2D eigenvalue weighted by Crippen LogP contribution is 2.35. The third-order valence-corrected chi connectivity index (χ3v) is 4.14. The standard InChI is InChI=1S/C16H15FN2O2S/c1-18-16(21)19-15(20)14(11-5-3-2-4-6-11)22-13-9-7-12(17)8-10-13/h2-10,14H,1H3,(H2,18,19,20,21)/t14-/m0/s1. The number of carbonyl (C=O) groups excluding carboxylic acids is 2. The van der Waals surface area contributed by atoms with Gasteiger partial charge in [0, 0.05) is 11.9 Å². The number of rotatable bonds is 4. The number of hydrogen-bond donors (Lipinski definition) is 2. The van der Waals surface area contributed by atoms with Crippen LogP contribution >= 0.6 is 11.8 Å². The third kappa shape index (κ3) is 4.33. The van der Waals surface area contributed by atoms with Crippen molar-refractivity contribution >= 4 is 23.7 Å². The molecule has 0 aliphatic carbocycles. The van der Waals surface area contributed by atoms with E-state index in [4.69, 9.17) is 0 Å². The highest BCUT2D eigenvalue weighted by molar-refractivity contribution is 8.00. The average molecular weight is 318 g/mol. The van der Waals surface area contributed by atoms with Gasteiger partial charge in [-0.1, -0.05) is 30.3 Å². The normalized spacial score (nSPS) is 11.5. The van der Waals surface area contributed by atoms with E-state index < -0.39 is 17.2 Å². The number of imide groups is 1. The maximum absolute atomic E-state index is 13.0. The maximum Gasteiger partial charge on any atom is 0.321 e. The van der Waals surface area contributed by atoms with Crippen molar-refractivity contribution in [3.8, 4) is 0 Å². The molecule has 0 saturated heterocycles. The molecule has 0 fully saturated rings. The number of thioether (sulfide) groups is 1. The van der Waals surface area contributed by atoms with Gasteiger partial charge in [-0.3, -0.25) is 10.1 Å². The molecule has 0 spiro atoms. The largest absolute Gasteiger partial charge is 0.341 e. The van der Waals surface area contributed by atoms with Gasteiger partial charge in [0.2, 0.25) is 5.91 Å². The Bertz CT molecular complexity index is 647. The van der Waals surface area contributed by atoms with Gasteiger partial charge < -0.3 is 5.32 Å². The minimum absolute atomic E-state index is 0.338. The van der Waals surface area contributed by atoms with E-state index in [1.165, 1.54) is 30.9 Å². The van der Waals surface area contributed by atoms with Crippen LogP contribution in [0.3, 0.4) is 0 Å². The van der Waals surface area contributed by atoms with Crippen LogP contribution in [0.5, 0.6) is 0 Å². The molecule has 2 N–H and O–H groups in total. The smallest absolute Gasteiger partial charge is 0.321 e. The van der Waals surface area contributed by atoms with Crippen molar-refractivity contribution in [1.29, 1.82) is 0 Å². The van der Waals surface area contributed by atoms with Gasteiger partial charge in [0.25, 0.3) is 0 Å². The topological polar surface area (TPSA) is 58.2 Å². The van der Waals surface area contributed by atoms with Crippen LogP contribution in [0.4, 0.5) is 9.18 Å². The number of carbonyl (C=O) groups is 2. The summed E-state index contributed by atoms with van der Waals surface area (Å²) in [6.07, 6.45) is 0. The summed E-state index contributed by atoms with van der Waals surface area (Å²) >= 11 is 1.25. The van der Waals surface area contributed by atoms with E-state index in [0.717, 1.165) is 10.5 Å². The lowest BCUT2D eigenvalue weighted by Gasteiger charge is -2.16. The molecule has 0 bridgehead atoms. The fraction of sp³-hybridized carbons (Fsp3) is 0.125. The zero-order chi connectivity index (χ0) is 15.9. The minimum atomic E-state index is -0.607. The van der Waals surface area contributed by atoms with Crippen LogP contribution in [0, 0.1) is 5.82 Å². The first-order valence-electron chi connectivity index (χ1n) is 6.60. The summed E-state index contributed by atoms with van der Waals surface area (Å²) in [5.41, 5.74) is 0.762. The van der Waals surface area contributed by atoms with Crippen LogP contribution in [-0.2, 0) is 4.79 Å². The van der Waals surface area contributed by atoms with Crippen LogP contribution in [0.2, 0.25) is 0 Å². The van der Waals surface area contributed by atoms with Crippen LogP contribution in [0.15, 0.2) is 59.5 Å². The lowest BCUT2D eigenvalue weighted by molar-refractivity contribution is -0.119. The predicted molar refractivity (Wildman–Crippen MR) is 84.0 cm³/mol. The van der Waals surface area contributed by atoms with E-state index in [0.29, 0.717) is 0 Å². The van der Waals surface area contributed by atoms with Gasteiger partial charge in [-0.05, 0) is 29.8 Å². The molecule has 2 rings (SSSR count). The molecule has 0 saturated carbocycles. The molecule has 0 heterocycles. The Balaban J connectivity index is 2.23. The quantitative estimate of drug-likeness (QED) is 0.852. The van der Waals surface area contributed by atoms with Crippen LogP contribution in [0.1, 0.15) is 10.8 Å². The number of halogens is 1. The molecular weight excluding hydrogens is 303 g/mol. The van der Waals surface area contributed by atoms with Crippen molar-refractivity contribution in [3.05, 3.63) is 66.0 Å². The maximum atomic E-state index is 13.0. The lowest BCUT2D eigenvalue weighted by atomic mass is 10.1. The number of benzene rings is 2. The van der Waals surface area contributed by atoms with Gasteiger partial charge in [-0.25, -0.2) is 9.18 Å². The van der Waals surface area contributed by atoms with Crippen molar-refractivity contribution in [2.24, 2.45) is 0 Å². The van der Waals surface area contributed by atoms with Gasteiger partial charge in [-0.15, -0.1) is 11.8 Å². The highest BCUT2D eigenvalue weighted by atomic mass is 32.2. The second-order valence-corrected chi connectivity index (χ2v) is 5.61. The van der Waals surface area contributed by atoms with Gasteiger partial charge in [0.05, 0.1) is 0 Å². The Labute approximate surface area is 132 Å². The fourth-order valence-electron chi connectivity index (χ4n) is 1.79. The molecule has 0 aliphatic rings. The Morgan fingerprint density at radius 1 is 1.05 bits per heavy atom. The number of hydrogen-bond acceptors (Lipinski definition) is 3. The molecule has 22 heavy (non-hydrogen) atoms. The summed E-state index contributed by atoms with van der Waals surface area (Å²) in [7, 11) is 1.44. The molecule has 3 amide bonds. The summed E-state index contributed by atoms with van der Waals surface area (Å²) in [5, 5.41) is 4.01. The molecular formula is C16H15FN2O2S. The van der Waals surface area contributed by atoms with Gasteiger partial charge >= 0.3 is 6.03 Å². The van der Waals surface area contributed by atoms with E-state index in [1.807, 2.05) is 30.3 Å². The molecule has 4 nitrogen and oxygen atoms in total. The van der Waals surface area contributed by atoms with Crippen molar-refractivity contribution in [2.75, 3.05) is 7.05 Å². The predicted octanol–water partition coefficient (Wildman–Crippen LogP) is 3.11. The van der Waals surface area contributed by atoms with Gasteiger partial charge in [-0.2, -0.15) is 0 Å². The second-order valence-electron chi connectivity index (χ2n) is 4.43. The zero-order valence-corrected chi connectivity index (χ0v) is 12.7. The Morgan fingerprint density at radius 3 is 2.27 bits per heavy atom. The summed E-state index contributed by atoms with van der Waals surface area (Å²) in [5.74, 6) is -0.768. The van der Waals surface area contributed by atoms with Gasteiger partial charge in [0.15, 0.2) is 0 Å². The summed E-state index contributed by atoms with van der Waals surface area (Å²) < 4.78 is 13.0. The summed E-state index contributed by atoms with van der Waals surface area (Å²) in [4.78, 5) is 24.4. The highest BCUT2D eigenvalue weighted by Gasteiger charge is 2.23. The molecule has 2 aromatic rings. The molecule has 0 aromatic heterocycles. The molecule has 0 unspecified atom stereocenters. The minimum Gasteiger partial charge on any atom is -0.341 e. The Morgan fingerprint density at radius 2 is 1.68 bits per heavy atom. The van der Waals surface area contributed by atoms with E-state index in [1.54, 1.807) is 12.1 Å². The van der Waals surface area contributed by atoms with E-state index in [9.17, 15) is 14.0 Å². The van der Waals surface area contributed by atoms with Crippen LogP contribution < -0.4 is 10.6 Å². The zero-order valence-electron chi connectivity index (χ0n) is 11.9. The molecule has 2 aromatic carbocycles.